The number of halogens is 2. The van der Waals surface area contributed by atoms with E-state index in [9.17, 15) is 9.59 Å². The highest BCUT2D eigenvalue weighted by Crippen LogP contribution is 2.53. The Labute approximate surface area is 372 Å². The molecule has 0 aliphatic carbocycles. The number of piperazine rings is 1. The minimum Gasteiger partial charge on any atom is -0.497 e. The fraction of sp³-hybridized carbons (Fsp3) is 0.396. The van der Waals surface area contributed by atoms with Crippen LogP contribution in [0.25, 0.3) is 22.2 Å². The molecule has 0 spiro atoms. The lowest BCUT2D eigenvalue weighted by Crippen LogP contribution is -2.64. The number of carbonyl (C=O) groups excluding carboxylic acids is 2. The summed E-state index contributed by atoms with van der Waals surface area (Å²) >= 11 is 7.23. The second-order valence-corrected chi connectivity index (χ2v) is 18.2. The number of hydrogen-bond donors (Lipinski definition) is 0. The number of aryl methyl sites for hydroxylation is 1. The number of aromatic nitrogens is 2. The zero-order valence-electron chi connectivity index (χ0n) is 37.2. The van der Waals surface area contributed by atoms with Crippen molar-refractivity contribution in [3.8, 4) is 28.6 Å². The van der Waals surface area contributed by atoms with Crippen LogP contribution in [0.15, 0.2) is 72.4 Å². The van der Waals surface area contributed by atoms with Crippen LogP contribution in [0.5, 0.6) is 17.4 Å². The van der Waals surface area contributed by atoms with E-state index < -0.39 is 29.7 Å². The molecular weight excluding hydrogens is 825 g/mol. The van der Waals surface area contributed by atoms with Crippen LogP contribution in [0.1, 0.15) is 44.4 Å². The second-order valence-electron chi connectivity index (χ2n) is 17.7. The number of rotatable bonds is 10. The number of amides is 1. The van der Waals surface area contributed by atoms with Gasteiger partial charge in [-0.15, -0.1) is 0 Å². The van der Waals surface area contributed by atoms with E-state index in [0.717, 1.165) is 28.2 Å². The Morgan fingerprint density at radius 2 is 1.57 bits per heavy atom. The fourth-order valence-electron chi connectivity index (χ4n) is 8.74. The summed E-state index contributed by atoms with van der Waals surface area (Å²) in [6.07, 6.45) is -0.906. The van der Waals surface area contributed by atoms with E-state index in [1.54, 1.807) is 25.2 Å². The Balaban J connectivity index is 1.26. The van der Waals surface area contributed by atoms with Gasteiger partial charge >= 0.3 is 6.09 Å². The summed E-state index contributed by atoms with van der Waals surface area (Å²) in [4.78, 5) is 46.3. The molecule has 8 rings (SSSR count). The Morgan fingerprint density at radius 1 is 0.937 bits per heavy atom. The Kier molecular flexibility index (Phi) is 11.9. The molecule has 1 fully saturated rings. The van der Waals surface area contributed by atoms with Crippen molar-refractivity contribution in [2.24, 2.45) is 0 Å². The van der Waals surface area contributed by atoms with E-state index in [1.165, 1.54) is 0 Å². The molecule has 0 N–H and O–H groups in total. The van der Waals surface area contributed by atoms with Crippen molar-refractivity contribution < 1.29 is 32.9 Å². The summed E-state index contributed by atoms with van der Waals surface area (Å²) < 4.78 is 40.9. The van der Waals surface area contributed by atoms with Crippen LogP contribution in [0.4, 0.5) is 26.4 Å². The Bertz CT molecular complexity index is 2550. The van der Waals surface area contributed by atoms with Crippen LogP contribution in [-0.4, -0.2) is 110 Å². The molecule has 0 unspecified atom stereocenters. The molecular formula is C48H53ClFN7O6. The number of anilines is 3. The molecule has 0 bridgehead atoms. The highest BCUT2D eigenvalue weighted by molar-refractivity contribution is 6.34. The van der Waals surface area contributed by atoms with Gasteiger partial charge in [0.25, 0.3) is 0 Å². The molecule has 5 heterocycles. The van der Waals surface area contributed by atoms with E-state index >= 15 is 4.39 Å². The van der Waals surface area contributed by atoms with Crippen LogP contribution < -0.4 is 28.9 Å². The van der Waals surface area contributed by atoms with Gasteiger partial charge in [-0.2, -0.15) is 0 Å². The van der Waals surface area contributed by atoms with Gasteiger partial charge in [-0.25, -0.2) is 23.9 Å². The van der Waals surface area contributed by atoms with Crippen LogP contribution in [0.2, 0.25) is 5.02 Å². The summed E-state index contributed by atoms with van der Waals surface area (Å²) in [5, 5.41) is 0.586. The van der Waals surface area contributed by atoms with E-state index in [0.29, 0.717) is 66.7 Å². The average Bonchev–Trinajstić information content (AvgIpc) is 3.23. The van der Waals surface area contributed by atoms with Gasteiger partial charge in [-0.3, -0.25) is 0 Å². The van der Waals surface area contributed by atoms with Crippen LogP contribution >= 0.6 is 11.6 Å². The van der Waals surface area contributed by atoms with Crippen molar-refractivity contribution in [2.75, 3.05) is 69.2 Å². The van der Waals surface area contributed by atoms with Crippen molar-refractivity contribution in [1.82, 2.24) is 19.8 Å². The summed E-state index contributed by atoms with van der Waals surface area (Å²) in [6, 6.07) is 20.3. The minimum atomic E-state index is -0.721. The topological polar surface area (TPSA) is 113 Å². The Morgan fingerprint density at radius 3 is 2.14 bits per heavy atom. The zero-order chi connectivity index (χ0) is 44.9. The van der Waals surface area contributed by atoms with E-state index in [4.69, 9.17) is 40.5 Å². The molecule has 13 nitrogen and oxygen atoms in total. The smallest absolute Gasteiger partial charge is 0.410 e. The van der Waals surface area contributed by atoms with Gasteiger partial charge in [0.2, 0.25) is 5.88 Å². The molecule has 0 radical (unpaired) electrons. The highest BCUT2D eigenvalue weighted by atomic mass is 35.5. The second kappa shape index (κ2) is 17.2. The first-order valence-corrected chi connectivity index (χ1v) is 21.4. The molecule has 63 heavy (non-hydrogen) atoms. The number of methoxy groups -OCH3 is 2. The van der Waals surface area contributed by atoms with Gasteiger partial charge in [0.1, 0.15) is 51.9 Å². The van der Waals surface area contributed by atoms with Gasteiger partial charge in [0.05, 0.1) is 55.3 Å². The number of pyridine rings is 2. The largest absolute Gasteiger partial charge is 0.497 e. The monoisotopic (exact) mass is 877 g/mol. The van der Waals surface area contributed by atoms with Gasteiger partial charge < -0.3 is 43.4 Å². The summed E-state index contributed by atoms with van der Waals surface area (Å²) in [6.45, 7) is 11.6. The predicted molar refractivity (Wildman–Crippen MR) is 244 cm³/mol. The standard InChI is InChI=1S/C48H53ClFN7O6/c1-28-18-37(51-40(19-28)54(22-30-10-14-32(60-8)15-11-30)23-31-12-16-33(61-9)17-13-31)41-36(49)20-35-43(42(41)50)52-46-45-44(35)56-21-29(2)55(47(59)63-48(3,4)5)26-38(56)39(27-58)57(45)25-34(62-46)24-53(6)7/h10-20,29,34,38H,21-26H2,1-9H3/t29-,34-,38-/m1/s1. The quantitative estimate of drug-likeness (QED) is 0.126. The average molecular weight is 878 g/mol. The maximum absolute atomic E-state index is 17.7. The zero-order valence-corrected chi connectivity index (χ0v) is 37.9. The highest BCUT2D eigenvalue weighted by Gasteiger charge is 2.48. The molecule has 3 atom stereocenters. The van der Waals surface area contributed by atoms with E-state index in [-0.39, 0.29) is 34.6 Å². The van der Waals surface area contributed by atoms with Crippen LogP contribution in [-0.2, 0) is 22.6 Å². The van der Waals surface area contributed by atoms with E-state index in [1.807, 2.05) is 124 Å². The predicted octanol–water partition coefficient (Wildman–Crippen LogP) is 8.29. The number of benzene rings is 3. The Hall–Kier alpha value is -6.08. The van der Waals surface area contributed by atoms with Gasteiger partial charge in [0, 0.05) is 37.6 Å². The van der Waals surface area contributed by atoms with Gasteiger partial charge in [-0.05, 0) is 108 Å². The number of nitrogens with zero attached hydrogens (tertiary/aromatic N) is 7. The van der Waals surface area contributed by atoms with Crippen molar-refractivity contribution in [1.29, 1.82) is 0 Å². The number of likely N-dealkylation sites (N-methyl/N-ethyl adjacent to an activating group) is 1. The van der Waals surface area contributed by atoms with Crippen molar-refractivity contribution in [3.05, 3.63) is 100.0 Å². The molecule has 5 aromatic rings. The lowest BCUT2D eigenvalue weighted by atomic mass is 9.94. The minimum absolute atomic E-state index is 0.0475. The van der Waals surface area contributed by atoms with Crippen LogP contribution in [0, 0.1) is 12.7 Å². The first-order valence-electron chi connectivity index (χ1n) is 21.0. The van der Waals surface area contributed by atoms with Gasteiger partial charge in [-0.1, -0.05) is 35.9 Å². The van der Waals surface area contributed by atoms with Crippen molar-refractivity contribution >= 4 is 51.7 Å². The molecule has 3 aliphatic rings. The normalized spacial score (nSPS) is 18.1. The number of hydrogen-bond acceptors (Lipinski definition) is 12. The third-order valence-electron chi connectivity index (χ3n) is 11.6. The van der Waals surface area contributed by atoms with Crippen LogP contribution in [0.3, 0.4) is 0 Å². The maximum atomic E-state index is 17.7. The molecule has 0 saturated carbocycles. The fourth-order valence-corrected chi connectivity index (χ4v) is 9.03. The third kappa shape index (κ3) is 8.67. The molecule has 15 heteroatoms. The van der Waals surface area contributed by atoms with E-state index in [2.05, 4.69) is 10.8 Å². The number of ether oxygens (including phenoxy) is 4. The first kappa shape index (κ1) is 43.6. The molecule has 330 valence electrons. The molecule has 1 saturated heterocycles. The van der Waals surface area contributed by atoms with Crippen molar-refractivity contribution in [2.45, 2.75) is 71.5 Å². The number of fused-ring (bicyclic) bond motifs is 4. The molecule has 1 amide bonds. The van der Waals surface area contributed by atoms with Gasteiger partial charge in [0.15, 0.2) is 5.82 Å². The summed E-state index contributed by atoms with van der Waals surface area (Å²) in [5.41, 5.74) is 4.18. The lowest BCUT2D eigenvalue weighted by Gasteiger charge is -2.53. The SMILES string of the molecule is COc1ccc(CN(Cc2ccc(OC)cc2)c2cc(C)cc(-c3c(Cl)cc4c5c6c(nc4c3F)O[C@H](CN(C)C)CN6C(=C=O)[C@H]3CN(C(=O)OC(C)(C)C)[C@H](C)CN53)n2)cc1. The van der Waals surface area contributed by atoms with Crippen molar-refractivity contribution in [3.63, 3.8) is 0 Å². The number of carbonyl (C=O) groups is 1. The summed E-state index contributed by atoms with van der Waals surface area (Å²) in [7, 11) is 7.13. The third-order valence-corrected chi connectivity index (χ3v) is 11.9. The summed E-state index contributed by atoms with van der Waals surface area (Å²) in [5.74, 6) is 3.88. The molecule has 3 aromatic carbocycles. The molecule has 2 aromatic heterocycles. The first-order chi connectivity index (χ1) is 30.0. The molecule has 3 aliphatic heterocycles. The maximum Gasteiger partial charge on any atom is 0.410 e. The lowest BCUT2D eigenvalue weighted by molar-refractivity contribution is 0.0133.